The molecule has 1 aliphatic heterocycles. The highest BCUT2D eigenvalue weighted by atomic mass is 32.1. The number of amides is 2. The fourth-order valence-electron chi connectivity index (χ4n) is 4.46. The number of para-hydroxylation sites is 1. The molecule has 0 saturated carbocycles. The van der Waals surface area contributed by atoms with Crippen LogP contribution < -0.4 is 14.8 Å². The van der Waals surface area contributed by atoms with Gasteiger partial charge >= 0.3 is 6.36 Å². The number of nitrogens with one attached hydrogen (secondary N) is 1. The third-order valence-corrected chi connectivity index (χ3v) is 7.34. The van der Waals surface area contributed by atoms with Crippen LogP contribution in [0.3, 0.4) is 0 Å². The molecule has 2 aromatic carbocycles. The van der Waals surface area contributed by atoms with Gasteiger partial charge in [-0.25, -0.2) is 9.97 Å². The quantitative estimate of drug-likeness (QED) is 0.319. The van der Waals surface area contributed by atoms with E-state index in [-0.39, 0.29) is 23.2 Å². The van der Waals surface area contributed by atoms with Crippen molar-refractivity contribution in [2.75, 3.05) is 25.5 Å². The molecule has 1 fully saturated rings. The molecule has 2 aromatic heterocycles. The third-order valence-electron chi connectivity index (χ3n) is 6.33. The van der Waals surface area contributed by atoms with Crippen molar-refractivity contribution in [3.8, 4) is 11.5 Å². The molecule has 5 rings (SSSR count). The summed E-state index contributed by atoms with van der Waals surface area (Å²) in [6.07, 6.45) is -3.49. The Kier molecular flexibility index (Phi) is 7.38. The Bertz CT molecular complexity index is 1520. The molecule has 4 aromatic rings. The van der Waals surface area contributed by atoms with Gasteiger partial charge in [-0.3, -0.25) is 9.59 Å². The number of rotatable bonds is 6. The van der Waals surface area contributed by atoms with Crippen molar-refractivity contribution in [1.29, 1.82) is 0 Å². The Labute approximate surface area is 225 Å². The predicted octanol–water partition coefficient (Wildman–Crippen LogP) is 5.87. The summed E-state index contributed by atoms with van der Waals surface area (Å²) in [6, 6.07) is 14.2. The van der Waals surface area contributed by atoms with E-state index >= 15 is 0 Å². The van der Waals surface area contributed by atoms with E-state index in [9.17, 15) is 22.8 Å². The number of anilines is 1. The van der Waals surface area contributed by atoms with Crippen LogP contribution in [-0.4, -0.2) is 53.2 Å². The zero-order valence-corrected chi connectivity index (χ0v) is 21.5. The minimum atomic E-state index is -4.83. The highest BCUT2D eigenvalue weighted by molar-refractivity contribution is 7.10. The number of benzene rings is 2. The number of carbonyl (C=O) groups is 2. The number of pyridine rings is 1. The van der Waals surface area contributed by atoms with Gasteiger partial charge in [-0.05, 0) is 37.1 Å². The third kappa shape index (κ3) is 6.11. The lowest BCUT2D eigenvalue weighted by Crippen LogP contribution is -2.38. The van der Waals surface area contributed by atoms with Crippen molar-refractivity contribution in [3.05, 3.63) is 76.4 Å². The highest BCUT2D eigenvalue weighted by Crippen LogP contribution is 2.32. The zero-order valence-electron chi connectivity index (χ0n) is 20.7. The van der Waals surface area contributed by atoms with Gasteiger partial charge in [0.15, 0.2) is 0 Å². The zero-order chi connectivity index (χ0) is 27.6. The number of methoxy groups -OCH3 is 1. The van der Waals surface area contributed by atoms with Gasteiger partial charge < -0.3 is 19.7 Å². The molecule has 39 heavy (non-hydrogen) atoms. The molecule has 1 saturated heterocycles. The number of hydrogen-bond donors (Lipinski definition) is 1. The average Bonchev–Trinajstić information content (AvgIpc) is 3.42. The number of fused-ring (bicyclic) bond motifs is 1. The van der Waals surface area contributed by atoms with Crippen LogP contribution in [-0.2, 0) is 0 Å². The van der Waals surface area contributed by atoms with Crippen LogP contribution in [0.4, 0.5) is 18.9 Å². The lowest BCUT2D eigenvalue weighted by Gasteiger charge is -2.31. The minimum Gasteiger partial charge on any atom is -0.496 e. The fourth-order valence-corrected chi connectivity index (χ4v) is 5.43. The maximum atomic E-state index is 13.2. The topological polar surface area (TPSA) is 93.7 Å². The summed E-state index contributed by atoms with van der Waals surface area (Å²) in [5.41, 5.74) is 1.33. The molecule has 1 N–H and O–H groups in total. The van der Waals surface area contributed by atoms with Crippen LogP contribution in [0.1, 0.15) is 44.7 Å². The normalized spacial score (nSPS) is 14.3. The van der Waals surface area contributed by atoms with Crippen molar-refractivity contribution in [2.24, 2.45) is 0 Å². The SMILES string of the molecule is COc1cc(C(=O)N2CCC(c3nc(C(=O)Nc4cccc(OC(F)(F)F)c4)cs3)CC2)nc2ccccc12. The molecule has 8 nitrogen and oxygen atoms in total. The first-order valence-electron chi connectivity index (χ1n) is 12.1. The molecule has 202 valence electrons. The second-order valence-corrected chi connectivity index (χ2v) is 9.78. The monoisotopic (exact) mass is 556 g/mol. The first kappa shape index (κ1) is 26.4. The van der Waals surface area contributed by atoms with E-state index in [0.717, 1.165) is 22.5 Å². The summed E-state index contributed by atoms with van der Waals surface area (Å²) >= 11 is 1.34. The van der Waals surface area contributed by atoms with Gasteiger partial charge in [0.05, 0.1) is 17.6 Å². The molecule has 0 spiro atoms. The van der Waals surface area contributed by atoms with Crippen molar-refractivity contribution in [1.82, 2.24) is 14.9 Å². The van der Waals surface area contributed by atoms with Crippen LogP contribution in [0.5, 0.6) is 11.5 Å². The van der Waals surface area contributed by atoms with Crippen LogP contribution in [0, 0.1) is 0 Å². The van der Waals surface area contributed by atoms with Gasteiger partial charge in [0.1, 0.15) is 22.9 Å². The predicted molar refractivity (Wildman–Crippen MR) is 139 cm³/mol. The van der Waals surface area contributed by atoms with Crippen LogP contribution in [0.15, 0.2) is 60.0 Å². The second-order valence-electron chi connectivity index (χ2n) is 8.89. The first-order valence-corrected chi connectivity index (χ1v) is 12.9. The summed E-state index contributed by atoms with van der Waals surface area (Å²) in [7, 11) is 1.56. The number of nitrogens with zero attached hydrogens (tertiary/aromatic N) is 3. The van der Waals surface area contributed by atoms with Gasteiger partial charge in [-0.15, -0.1) is 24.5 Å². The van der Waals surface area contributed by atoms with E-state index in [1.54, 1.807) is 23.5 Å². The van der Waals surface area contributed by atoms with Crippen LogP contribution in [0.25, 0.3) is 10.9 Å². The molecule has 0 atom stereocenters. The molecule has 0 bridgehead atoms. The van der Waals surface area contributed by atoms with Gasteiger partial charge in [-0.2, -0.15) is 0 Å². The second kappa shape index (κ2) is 10.9. The molecule has 0 aliphatic carbocycles. The summed E-state index contributed by atoms with van der Waals surface area (Å²) in [5.74, 6) is -0.479. The van der Waals surface area contributed by atoms with Crippen molar-refractivity contribution in [2.45, 2.75) is 25.1 Å². The van der Waals surface area contributed by atoms with Crippen molar-refractivity contribution < 1.29 is 32.2 Å². The number of carbonyl (C=O) groups excluding carboxylic acids is 2. The Morgan fingerprint density at radius 1 is 1.03 bits per heavy atom. The minimum absolute atomic E-state index is 0.0724. The Hall–Kier alpha value is -4.19. The number of aromatic nitrogens is 2. The Morgan fingerprint density at radius 2 is 1.79 bits per heavy atom. The molecule has 0 radical (unpaired) electrons. The number of piperidine rings is 1. The number of hydrogen-bond acceptors (Lipinski definition) is 7. The van der Waals surface area contributed by atoms with Crippen molar-refractivity contribution >= 4 is 39.7 Å². The number of thiazole rings is 1. The van der Waals surface area contributed by atoms with E-state index in [0.29, 0.717) is 42.9 Å². The van der Waals surface area contributed by atoms with E-state index in [4.69, 9.17) is 4.74 Å². The van der Waals surface area contributed by atoms with Gasteiger partial charge in [0, 0.05) is 47.6 Å². The van der Waals surface area contributed by atoms with Crippen LogP contribution >= 0.6 is 11.3 Å². The lowest BCUT2D eigenvalue weighted by molar-refractivity contribution is -0.274. The molecule has 12 heteroatoms. The smallest absolute Gasteiger partial charge is 0.496 e. The number of likely N-dealkylation sites (tertiary alicyclic amines) is 1. The van der Waals surface area contributed by atoms with E-state index in [1.165, 1.54) is 23.5 Å². The molecular weight excluding hydrogens is 533 g/mol. The van der Waals surface area contributed by atoms with Gasteiger partial charge in [0.25, 0.3) is 11.8 Å². The molecule has 0 unspecified atom stereocenters. The van der Waals surface area contributed by atoms with Crippen molar-refractivity contribution in [3.63, 3.8) is 0 Å². The lowest BCUT2D eigenvalue weighted by atomic mass is 9.97. The molecule has 2 amide bonds. The Balaban J connectivity index is 1.20. The molecular formula is C27H23F3N4O4S. The summed E-state index contributed by atoms with van der Waals surface area (Å²) in [6.45, 7) is 1.01. The highest BCUT2D eigenvalue weighted by Gasteiger charge is 2.31. The maximum absolute atomic E-state index is 13.2. The largest absolute Gasteiger partial charge is 0.573 e. The maximum Gasteiger partial charge on any atom is 0.573 e. The Morgan fingerprint density at radius 3 is 2.54 bits per heavy atom. The molecule has 3 heterocycles. The summed E-state index contributed by atoms with van der Waals surface area (Å²) in [5, 5.41) is 5.77. The number of alkyl halides is 3. The fraction of sp³-hybridized carbons (Fsp3) is 0.259. The number of ether oxygens (including phenoxy) is 2. The first-order chi connectivity index (χ1) is 18.7. The number of halogens is 3. The van der Waals surface area contributed by atoms with E-state index in [1.807, 2.05) is 24.3 Å². The molecule has 1 aliphatic rings. The standard InChI is InChI=1S/C27H23F3N4O4S/c1-37-23-14-21(32-20-8-3-2-7-19(20)23)26(36)34-11-9-16(10-12-34)25-33-22(15-39-25)24(35)31-17-5-4-6-18(13-17)38-27(28,29)30/h2-8,13-16H,9-12H2,1H3,(H,31,35). The summed E-state index contributed by atoms with van der Waals surface area (Å²) < 4.78 is 46.8. The van der Waals surface area contributed by atoms with Gasteiger partial charge in [-0.1, -0.05) is 18.2 Å². The van der Waals surface area contributed by atoms with E-state index < -0.39 is 18.0 Å². The average molecular weight is 557 g/mol. The van der Waals surface area contributed by atoms with Gasteiger partial charge in [0.2, 0.25) is 0 Å². The van der Waals surface area contributed by atoms with E-state index in [2.05, 4.69) is 20.0 Å². The summed E-state index contributed by atoms with van der Waals surface area (Å²) in [4.78, 5) is 36.6. The van der Waals surface area contributed by atoms with Crippen LogP contribution in [0.2, 0.25) is 0 Å².